The van der Waals surface area contributed by atoms with Gasteiger partial charge in [-0.05, 0) is 12.1 Å². The van der Waals surface area contributed by atoms with Gasteiger partial charge in [-0.3, -0.25) is 4.55 Å². The second kappa shape index (κ2) is 4.77. The smallest absolute Gasteiger partial charge is 0.296 e. The second-order valence-corrected chi connectivity index (χ2v) is 4.20. The fourth-order valence-corrected chi connectivity index (χ4v) is 1.76. The van der Waals surface area contributed by atoms with Crippen LogP contribution in [0.1, 0.15) is 6.42 Å². The Hall–Kier alpha value is -1.58. The largest absolute Gasteiger partial charge is 0.383 e. The van der Waals surface area contributed by atoms with Crippen molar-refractivity contribution in [3.63, 3.8) is 0 Å². The SMILES string of the molecule is N#CCCNc1ccccc1S(=O)(=O)O. The first-order chi connectivity index (χ1) is 7.05. The molecule has 0 spiro atoms. The average Bonchev–Trinajstić information content (AvgIpc) is 2.17. The van der Waals surface area contributed by atoms with Crippen LogP contribution in [0.15, 0.2) is 29.2 Å². The molecule has 6 heteroatoms. The van der Waals surface area contributed by atoms with Gasteiger partial charge in [0.25, 0.3) is 10.1 Å². The zero-order valence-corrected chi connectivity index (χ0v) is 8.66. The predicted octanol–water partition coefficient (Wildman–Crippen LogP) is 1.26. The van der Waals surface area contributed by atoms with Crippen molar-refractivity contribution in [1.29, 1.82) is 5.26 Å². The van der Waals surface area contributed by atoms with Gasteiger partial charge in [-0.15, -0.1) is 0 Å². The van der Waals surface area contributed by atoms with Crippen molar-refractivity contribution in [2.75, 3.05) is 11.9 Å². The van der Waals surface area contributed by atoms with Crippen LogP contribution in [0.2, 0.25) is 0 Å². The lowest BCUT2D eigenvalue weighted by Gasteiger charge is -2.07. The molecule has 0 radical (unpaired) electrons. The minimum atomic E-state index is -4.22. The van der Waals surface area contributed by atoms with E-state index in [1.807, 2.05) is 6.07 Å². The number of nitrogens with zero attached hydrogens (tertiary/aromatic N) is 1. The summed E-state index contributed by atoms with van der Waals surface area (Å²) in [6.07, 6.45) is 0.264. The highest BCUT2D eigenvalue weighted by molar-refractivity contribution is 7.86. The lowest BCUT2D eigenvalue weighted by molar-refractivity contribution is 0.483. The van der Waals surface area contributed by atoms with Gasteiger partial charge in [0.2, 0.25) is 0 Å². The van der Waals surface area contributed by atoms with E-state index in [0.717, 1.165) is 0 Å². The van der Waals surface area contributed by atoms with Crippen LogP contribution in [0.3, 0.4) is 0 Å². The van der Waals surface area contributed by atoms with E-state index in [4.69, 9.17) is 9.81 Å². The number of nitrogens with one attached hydrogen (secondary N) is 1. The van der Waals surface area contributed by atoms with Crippen LogP contribution in [-0.4, -0.2) is 19.5 Å². The maximum atomic E-state index is 10.9. The van der Waals surface area contributed by atoms with E-state index >= 15 is 0 Å². The molecule has 0 bridgehead atoms. The van der Waals surface area contributed by atoms with Crippen LogP contribution in [0.25, 0.3) is 0 Å². The molecule has 5 nitrogen and oxygen atoms in total. The number of hydrogen-bond donors (Lipinski definition) is 2. The number of rotatable bonds is 4. The first-order valence-corrected chi connectivity index (χ1v) is 5.67. The Labute approximate surface area is 88.1 Å². The first-order valence-electron chi connectivity index (χ1n) is 4.23. The van der Waals surface area contributed by atoms with Crippen molar-refractivity contribution < 1.29 is 13.0 Å². The number of anilines is 1. The van der Waals surface area contributed by atoms with Crippen molar-refractivity contribution >= 4 is 15.8 Å². The van der Waals surface area contributed by atoms with Gasteiger partial charge in [0.15, 0.2) is 0 Å². The lowest BCUT2D eigenvalue weighted by Crippen LogP contribution is -2.07. The van der Waals surface area contributed by atoms with Crippen LogP contribution in [-0.2, 0) is 10.1 Å². The summed E-state index contributed by atoms with van der Waals surface area (Å²) in [7, 11) is -4.22. The number of nitriles is 1. The average molecular weight is 226 g/mol. The minimum Gasteiger partial charge on any atom is -0.383 e. The number of hydrogen-bond acceptors (Lipinski definition) is 4. The molecule has 1 aromatic carbocycles. The van der Waals surface area contributed by atoms with E-state index in [0.29, 0.717) is 12.2 Å². The summed E-state index contributed by atoms with van der Waals surface area (Å²) in [5.41, 5.74) is 0.301. The maximum absolute atomic E-state index is 10.9. The van der Waals surface area contributed by atoms with E-state index in [2.05, 4.69) is 5.32 Å². The summed E-state index contributed by atoms with van der Waals surface area (Å²) in [5, 5.41) is 11.1. The monoisotopic (exact) mass is 226 g/mol. The fraction of sp³-hybridized carbons (Fsp3) is 0.222. The second-order valence-electron chi connectivity index (χ2n) is 2.81. The van der Waals surface area contributed by atoms with Gasteiger partial charge < -0.3 is 5.32 Å². The van der Waals surface area contributed by atoms with Crippen molar-refractivity contribution in [3.05, 3.63) is 24.3 Å². The molecule has 15 heavy (non-hydrogen) atoms. The van der Waals surface area contributed by atoms with Crippen molar-refractivity contribution in [2.45, 2.75) is 11.3 Å². The van der Waals surface area contributed by atoms with Crippen LogP contribution in [0.4, 0.5) is 5.69 Å². The molecule has 0 amide bonds. The van der Waals surface area contributed by atoms with Gasteiger partial charge in [-0.1, -0.05) is 12.1 Å². The molecule has 0 aliphatic rings. The summed E-state index contributed by atoms with van der Waals surface area (Å²) in [4.78, 5) is -0.178. The van der Waals surface area contributed by atoms with Crippen molar-refractivity contribution in [2.24, 2.45) is 0 Å². The standard InChI is InChI=1S/C9H10N2O3S/c10-6-3-7-11-8-4-1-2-5-9(8)15(12,13)14/h1-2,4-5,11H,3,7H2,(H,12,13,14). The summed E-state index contributed by atoms with van der Waals surface area (Å²) >= 11 is 0. The molecule has 1 aromatic rings. The molecule has 0 aromatic heterocycles. The predicted molar refractivity (Wildman–Crippen MR) is 55.0 cm³/mol. The van der Waals surface area contributed by atoms with Gasteiger partial charge in [-0.2, -0.15) is 13.7 Å². The highest BCUT2D eigenvalue weighted by Gasteiger charge is 2.13. The molecule has 1 rings (SSSR count). The third kappa shape index (κ3) is 3.23. The molecule has 0 saturated carbocycles. The zero-order valence-electron chi connectivity index (χ0n) is 7.84. The van der Waals surface area contributed by atoms with Gasteiger partial charge in [0, 0.05) is 6.54 Å². The summed E-state index contributed by atoms with van der Waals surface area (Å²) in [5.74, 6) is 0. The Bertz CT molecular complexity index is 476. The van der Waals surface area contributed by atoms with Crippen LogP contribution in [0, 0.1) is 11.3 Å². The quantitative estimate of drug-likeness (QED) is 0.595. The number of benzene rings is 1. The normalized spacial score (nSPS) is 10.7. The Balaban J connectivity index is 2.94. The maximum Gasteiger partial charge on any atom is 0.296 e. The van der Waals surface area contributed by atoms with Crippen molar-refractivity contribution in [1.82, 2.24) is 0 Å². The minimum absolute atomic E-state index is 0.178. The fourth-order valence-electron chi connectivity index (χ4n) is 1.09. The molecule has 2 N–H and O–H groups in total. The third-order valence-electron chi connectivity index (χ3n) is 1.72. The molecule has 0 unspecified atom stereocenters. The van der Waals surface area contributed by atoms with E-state index in [1.54, 1.807) is 6.07 Å². The van der Waals surface area contributed by atoms with Gasteiger partial charge in [-0.25, -0.2) is 0 Å². The van der Waals surface area contributed by atoms with Gasteiger partial charge in [0.1, 0.15) is 4.90 Å². The third-order valence-corrected chi connectivity index (χ3v) is 2.63. The van der Waals surface area contributed by atoms with Crippen molar-refractivity contribution in [3.8, 4) is 6.07 Å². The summed E-state index contributed by atoms with van der Waals surface area (Å²) < 4.78 is 30.8. The molecule has 0 aliphatic carbocycles. The molecule has 0 atom stereocenters. The molecular weight excluding hydrogens is 216 g/mol. The molecule has 0 heterocycles. The van der Waals surface area contributed by atoms with Gasteiger partial charge >= 0.3 is 0 Å². The van der Waals surface area contributed by atoms with E-state index in [1.165, 1.54) is 18.2 Å². The highest BCUT2D eigenvalue weighted by Crippen LogP contribution is 2.19. The van der Waals surface area contributed by atoms with Gasteiger partial charge in [0.05, 0.1) is 18.2 Å². The van der Waals surface area contributed by atoms with Crippen LogP contribution < -0.4 is 5.32 Å². The molecule has 0 aliphatic heterocycles. The lowest BCUT2D eigenvalue weighted by atomic mass is 10.3. The number of para-hydroxylation sites is 1. The molecule has 0 fully saturated rings. The topological polar surface area (TPSA) is 90.2 Å². The molecular formula is C9H10N2O3S. The Morgan fingerprint density at radius 2 is 2.07 bits per heavy atom. The Kier molecular flexibility index (Phi) is 3.66. The first kappa shape index (κ1) is 11.5. The van der Waals surface area contributed by atoms with Crippen LogP contribution in [0.5, 0.6) is 0 Å². The van der Waals surface area contributed by atoms with E-state index < -0.39 is 10.1 Å². The summed E-state index contributed by atoms with van der Waals surface area (Å²) in [6, 6.07) is 7.90. The van der Waals surface area contributed by atoms with E-state index in [-0.39, 0.29) is 11.3 Å². The Morgan fingerprint density at radius 1 is 1.40 bits per heavy atom. The summed E-state index contributed by atoms with van der Waals surface area (Å²) in [6.45, 7) is 0.336. The highest BCUT2D eigenvalue weighted by atomic mass is 32.2. The zero-order chi connectivity index (χ0) is 11.3. The molecule has 80 valence electrons. The molecule has 0 saturated heterocycles. The van der Waals surface area contributed by atoms with E-state index in [9.17, 15) is 8.42 Å². The van der Waals surface area contributed by atoms with Crippen LogP contribution >= 0.6 is 0 Å². The Morgan fingerprint density at radius 3 is 2.67 bits per heavy atom.